The van der Waals surface area contributed by atoms with E-state index in [0.29, 0.717) is 0 Å². The van der Waals surface area contributed by atoms with Crippen LogP contribution in [0.25, 0.3) is 10.9 Å². The number of amides is 2. The average Bonchev–Trinajstić information content (AvgIpc) is 2.62. The molecule has 0 atom stereocenters. The number of hydrogen-bond acceptors (Lipinski definition) is 1. The molecule has 0 aliphatic heterocycles. The van der Waals surface area contributed by atoms with Crippen molar-refractivity contribution in [2.45, 2.75) is 0 Å². The third-order valence-corrected chi connectivity index (χ3v) is 2.06. The summed E-state index contributed by atoms with van der Waals surface area (Å²) in [5.41, 5.74) is 1.80. The molecule has 4 nitrogen and oxygen atoms in total. The molecule has 3 N–H and O–H groups in total. The van der Waals surface area contributed by atoms with Gasteiger partial charge in [-0.25, -0.2) is 4.79 Å². The molecule has 0 aliphatic carbocycles. The summed E-state index contributed by atoms with van der Waals surface area (Å²) in [6.45, 7) is 0. The Balaban J connectivity index is 2.38. The number of aromatic nitrogens is 1. The van der Waals surface area contributed by atoms with Gasteiger partial charge in [-0.1, -0.05) is 18.2 Å². The van der Waals surface area contributed by atoms with Crippen LogP contribution in [0.5, 0.6) is 0 Å². The van der Waals surface area contributed by atoms with E-state index in [0.717, 1.165) is 16.6 Å². The Labute approximate surface area is 81.3 Å². The Kier molecular flexibility index (Phi) is 2.10. The normalized spacial score (nSPS) is 10.1. The third kappa shape index (κ3) is 1.42. The summed E-state index contributed by atoms with van der Waals surface area (Å²) in [5, 5.41) is 6.25. The molecule has 0 aliphatic rings. The second kappa shape index (κ2) is 3.41. The number of para-hydroxylation sites is 1. The van der Waals surface area contributed by atoms with Crippen molar-refractivity contribution in [3.8, 4) is 0 Å². The fourth-order valence-electron chi connectivity index (χ4n) is 1.36. The van der Waals surface area contributed by atoms with E-state index in [-0.39, 0.29) is 6.03 Å². The lowest BCUT2D eigenvalue weighted by Crippen LogP contribution is -2.24. The van der Waals surface area contributed by atoms with Crippen molar-refractivity contribution < 1.29 is 4.79 Å². The van der Waals surface area contributed by atoms with E-state index in [1.165, 1.54) is 0 Å². The highest BCUT2D eigenvalue weighted by molar-refractivity contribution is 6.00. The number of carbonyl (C=O) groups is 1. The maximum Gasteiger partial charge on any atom is 0.319 e. The van der Waals surface area contributed by atoms with Crippen molar-refractivity contribution >= 4 is 22.6 Å². The highest BCUT2D eigenvalue weighted by Crippen LogP contribution is 2.21. The molecule has 0 saturated carbocycles. The molecular formula is C10H11N3O. The molecule has 0 unspecified atom stereocenters. The van der Waals surface area contributed by atoms with Gasteiger partial charge in [0.25, 0.3) is 0 Å². The van der Waals surface area contributed by atoms with Gasteiger partial charge in [0.15, 0.2) is 0 Å². The van der Waals surface area contributed by atoms with Crippen LogP contribution in [0, 0.1) is 0 Å². The zero-order valence-electron chi connectivity index (χ0n) is 7.79. The van der Waals surface area contributed by atoms with Crippen LogP contribution in [0.2, 0.25) is 0 Å². The van der Waals surface area contributed by atoms with Crippen LogP contribution in [-0.2, 0) is 0 Å². The van der Waals surface area contributed by atoms with E-state index < -0.39 is 0 Å². The number of rotatable bonds is 1. The first-order chi connectivity index (χ1) is 6.81. The molecule has 72 valence electrons. The molecule has 0 fully saturated rings. The van der Waals surface area contributed by atoms with E-state index in [9.17, 15) is 4.79 Å². The van der Waals surface area contributed by atoms with Gasteiger partial charge < -0.3 is 15.6 Å². The standard InChI is InChI=1S/C10H11N3O/c1-11-10(14)13-9-6-12-8-5-3-2-4-7(8)9/h2-6,12H,1H3,(H2,11,13,14). The Morgan fingerprint density at radius 3 is 2.93 bits per heavy atom. The minimum Gasteiger partial charge on any atom is -0.359 e. The lowest BCUT2D eigenvalue weighted by Gasteiger charge is -2.01. The highest BCUT2D eigenvalue weighted by atomic mass is 16.2. The molecule has 2 aromatic rings. The Morgan fingerprint density at radius 1 is 1.36 bits per heavy atom. The molecule has 4 heteroatoms. The molecule has 0 saturated heterocycles. The highest BCUT2D eigenvalue weighted by Gasteiger charge is 2.04. The minimum absolute atomic E-state index is 0.213. The summed E-state index contributed by atoms with van der Waals surface area (Å²) in [7, 11) is 1.59. The first-order valence-corrected chi connectivity index (χ1v) is 4.36. The second-order valence-corrected chi connectivity index (χ2v) is 2.95. The van der Waals surface area contributed by atoms with Crippen LogP contribution in [0.1, 0.15) is 0 Å². The Hall–Kier alpha value is -1.97. The van der Waals surface area contributed by atoms with E-state index in [2.05, 4.69) is 15.6 Å². The largest absolute Gasteiger partial charge is 0.359 e. The van der Waals surface area contributed by atoms with E-state index in [4.69, 9.17) is 0 Å². The van der Waals surface area contributed by atoms with Crippen LogP contribution in [0.15, 0.2) is 30.5 Å². The number of fused-ring (bicyclic) bond motifs is 1. The summed E-state index contributed by atoms with van der Waals surface area (Å²) in [6.07, 6.45) is 1.78. The average molecular weight is 189 g/mol. The molecule has 2 rings (SSSR count). The van der Waals surface area contributed by atoms with Crippen molar-refractivity contribution in [3.05, 3.63) is 30.5 Å². The van der Waals surface area contributed by atoms with Crippen molar-refractivity contribution in [2.24, 2.45) is 0 Å². The van der Waals surface area contributed by atoms with Crippen LogP contribution >= 0.6 is 0 Å². The minimum atomic E-state index is -0.213. The second-order valence-electron chi connectivity index (χ2n) is 2.95. The molecular weight excluding hydrogens is 178 g/mol. The maximum atomic E-state index is 11.1. The maximum absolute atomic E-state index is 11.1. The summed E-state index contributed by atoms with van der Waals surface area (Å²) in [4.78, 5) is 14.2. The quantitative estimate of drug-likeness (QED) is 0.630. The first-order valence-electron chi connectivity index (χ1n) is 4.36. The molecule has 1 heterocycles. The van der Waals surface area contributed by atoms with Crippen LogP contribution in [-0.4, -0.2) is 18.1 Å². The number of benzene rings is 1. The molecule has 0 bridgehead atoms. The summed E-state index contributed by atoms with van der Waals surface area (Å²) in [5.74, 6) is 0. The molecule has 1 aromatic carbocycles. The number of aromatic amines is 1. The van der Waals surface area contributed by atoms with Crippen LogP contribution in [0.3, 0.4) is 0 Å². The monoisotopic (exact) mass is 189 g/mol. The molecule has 0 spiro atoms. The lowest BCUT2D eigenvalue weighted by atomic mass is 10.2. The van der Waals surface area contributed by atoms with E-state index >= 15 is 0 Å². The van der Waals surface area contributed by atoms with Gasteiger partial charge in [-0.15, -0.1) is 0 Å². The van der Waals surface area contributed by atoms with Gasteiger partial charge in [0.1, 0.15) is 0 Å². The summed E-state index contributed by atoms with van der Waals surface area (Å²) in [6, 6.07) is 7.59. The number of nitrogens with one attached hydrogen (secondary N) is 3. The Bertz CT molecular complexity index is 461. The summed E-state index contributed by atoms with van der Waals surface area (Å²) < 4.78 is 0. The van der Waals surface area contributed by atoms with Gasteiger partial charge in [0, 0.05) is 24.1 Å². The molecule has 2 amide bonds. The zero-order chi connectivity index (χ0) is 9.97. The first kappa shape index (κ1) is 8.62. The van der Waals surface area contributed by atoms with Gasteiger partial charge >= 0.3 is 6.03 Å². The van der Waals surface area contributed by atoms with Gasteiger partial charge in [-0.3, -0.25) is 0 Å². The fraction of sp³-hybridized carbons (Fsp3) is 0.100. The van der Waals surface area contributed by atoms with E-state index in [1.807, 2.05) is 24.3 Å². The number of hydrogen-bond donors (Lipinski definition) is 3. The third-order valence-electron chi connectivity index (χ3n) is 2.06. The van der Waals surface area contributed by atoms with Gasteiger partial charge in [0.05, 0.1) is 5.69 Å². The number of urea groups is 1. The predicted molar refractivity (Wildman–Crippen MR) is 56.4 cm³/mol. The smallest absolute Gasteiger partial charge is 0.319 e. The molecule has 1 aromatic heterocycles. The fourth-order valence-corrected chi connectivity index (χ4v) is 1.36. The van der Waals surface area contributed by atoms with E-state index in [1.54, 1.807) is 13.2 Å². The van der Waals surface area contributed by atoms with Gasteiger partial charge in [-0.05, 0) is 6.07 Å². The number of H-pyrrole nitrogens is 1. The topological polar surface area (TPSA) is 56.9 Å². The lowest BCUT2D eigenvalue weighted by molar-refractivity contribution is 0.254. The van der Waals surface area contributed by atoms with Crippen molar-refractivity contribution in [1.82, 2.24) is 10.3 Å². The van der Waals surface area contributed by atoms with Crippen LogP contribution < -0.4 is 10.6 Å². The zero-order valence-corrected chi connectivity index (χ0v) is 7.79. The van der Waals surface area contributed by atoms with Crippen molar-refractivity contribution in [2.75, 3.05) is 12.4 Å². The van der Waals surface area contributed by atoms with Gasteiger partial charge in [0.2, 0.25) is 0 Å². The molecule has 14 heavy (non-hydrogen) atoms. The Morgan fingerprint density at radius 2 is 2.14 bits per heavy atom. The SMILES string of the molecule is CNC(=O)Nc1c[nH]c2ccccc12. The number of anilines is 1. The predicted octanol–water partition coefficient (Wildman–Crippen LogP) is 1.92. The summed E-state index contributed by atoms with van der Waals surface area (Å²) >= 11 is 0. The number of carbonyl (C=O) groups excluding carboxylic acids is 1. The molecule has 0 radical (unpaired) electrons. The van der Waals surface area contributed by atoms with Crippen LogP contribution in [0.4, 0.5) is 10.5 Å². The van der Waals surface area contributed by atoms with Crippen molar-refractivity contribution in [3.63, 3.8) is 0 Å². The van der Waals surface area contributed by atoms with Crippen molar-refractivity contribution in [1.29, 1.82) is 0 Å². The van der Waals surface area contributed by atoms with Gasteiger partial charge in [-0.2, -0.15) is 0 Å².